The van der Waals surface area contributed by atoms with E-state index < -0.39 is 0 Å². The summed E-state index contributed by atoms with van der Waals surface area (Å²) in [7, 11) is 2.01. The van der Waals surface area contributed by atoms with Crippen molar-refractivity contribution in [2.45, 2.75) is 25.3 Å². The molecule has 3 atom stereocenters. The molecule has 0 aliphatic heterocycles. The second kappa shape index (κ2) is 4.61. The van der Waals surface area contributed by atoms with Gasteiger partial charge < -0.3 is 10.2 Å². The van der Waals surface area contributed by atoms with Crippen molar-refractivity contribution in [1.82, 2.24) is 5.43 Å². The zero-order chi connectivity index (χ0) is 12.5. The zero-order valence-corrected chi connectivity index (χ0v) is 10.6. The Morgan fingerprint density at radius 1 is 1.28 bits per heavy atom. The highest BCUT2D eigenvalue weighted by Crippen LogP contribution is 2.43. The largest absolute Gasteiger partial charge is 0.411 e. The molecule has 1 aromatic rings. The Morgan fingerprint density at radius 2 is 2.06 bits per heavy atom. The van der Waals surface area contributed by atoms with E-state index in [1.807, 2.05) is 30.3 Å². The standard InChI is InChI=1S/C14H19N3O/c1-17(12-5-3-2-4-6-12)15-13-10-7-8-11(9-10)14(13)16-18/h2-6,10-11,13,15,18H,7-9H2,1H3/b16-14+/t10-,11-,13-/m0/s1. The summed E-state index contributed by atoms with van der Waals surface area (Å²) in [4.78, 5) is 0. The van der Waals surface area contributed by atoms with Crippen LogP contribution < -0.4 is 10.4 Å². The topological polar surface area (TPSA) is 47.9 Å². The van der Waals surface area contributed by atoms with Crippen LogP contribution in [-0.4, -0.2) is 24.0 Å². The van der Waals surface area contributed by atoms with E-state index in [1.54, 1.807) is 0 Å². The Morgan fingerprint density at radius 3 is 2.78 bits per heavy atom. The maximum absolute atomic E-state index is 9.17. The molecular formula is C14H19N3O. The van der Waals surface area contributed by atoms with Crippen LogP contribution in [0.15, 0.2) is 35.5 Å². The van der Waals surface area contributed by atoms with Crippen LogP contribution in [0, 0.1) is 11.8 Å². The average Bonchev–Trinajstić information content (AvgIpc) is 3.00. The van der Waals surface area contributed by atoms with Crippen LogP contribution in [0.25, 0.3) is 0 Å². The van der Waals surface area contributed by atoms with Crippen molar-refractivity contribution in [3.8, 4) is 0 Å². The highest BCUT2D eigenvalue weighted by Gasteiger charge is 2.45. The maximum atomic E-state index is 9.17. The molecule has 0 heterocycles. The van der Waals surface area contributed by atoms with Crippen LogP contribution in [0.4, 0.5) is 5.69 Å². The van der Waals surface area contributed by atoms with Crippen LogP contribution >= 0.6 is 0 Å². The van der Waals surface area contributed by atoms with Gasteiger partial charge in [-0.05, 0) is 37.3 Å². The molecule has 3 rings (SSSR count). The lowest BCUT2D eigenvalue weighted by Gasteiger charge is -2.30. The molecule has 0 aromatic heterocycles. The Bertz CT molecular complexity index is 446. The summed E-state index contributed by atoms with van der Waals surface area (Å²) in [6.07, 6.45) is 3.58. The quantitative estimate of drug-likeness (QED) is 0.634. The van der Waals surface area contributed by atoms with Crippen molar-refractivity contribution < 1.29 is 5.21 Å². The van der Waals surface area contributed by atoms with Gasteiger partial charge in [0.25, 0.3) is 0 Å². The highest BCUT2D eigenvalue weighted by atomic mass is 16.4. The first kappa shape index (κ1) is 11.5. The van der Waals surface area contributed by atoms with Gasteiger partial charge >= 0.3 is 0 Å². The molecule has 2 fully saturated rings. The van der Waals surface area contributed by atoms with Gasteiger partial charge in [-0.15, -0.1) is 0 Å². The Balaban J connectivity index is 1.73. The minimum atomic E-state index is 0.193. The summed E-state index contributed by atoms with van der Waals surface area (Å²) in [5.41, 5.74) is 5.53. The lowest BCUT2D eigenvalue weighted by atomic mass is 9.94. The molecule has 96 valence electrons. The molecule has 4 heteroatoms. The number of rotatable bonds is 3. The molecule has 2 N–H and O–H groups in total. The van der Waals surface area contributed by atoms with Crippen LogP contribution in [0.3, 0.4) is 0 Å². The monoisotopic (exact) mass is 245 g/mol. The molecule has 2 aliphatic rings. The van der Waals surface area contributed by atoms with Crippen LogP contribution in [0.5, 0.6) is 0 Å². The van der Waals surface area contributed by atoms with E-state index in [-0.39, 0.29) is 6.04 Å². The summed E-state index contributed by atoms with van der Waals surface area (Å²) in [6, 6.07) is 10.4. The van der Waals surface area contributed by atoms with Crippen LogP contribution in [-0.2, 0) is 0 Å². The van der Waals surface area contributed by atoms with Gasteiger partial charge in [-0.2, -0.15) is 0 Å². The van der Waals surface area contributed by atoms with Crippen molar-refractivity contribution in [2.24, 2.45) is 17.0 Å². The van der Waals surface area contributed by atoms with Gasteiger partial charge in [0, 0.05) is 13.0 Å². The number of hydrazine groups is 1. The molecule has 1 aromatic carbocycles. The van der Waals surface area contributed by atoms with Gasteiger partial charge in [-0.1, -0.05) is 23.4 Å². The van der Waals surface area contributed by atoms with Gasteiger partial charge in [-0.3, -0.25) is 0 Å². The summed E-state index contributed by atoms with van der Waals surface area (Å²) >= 11 is 0. The summed E-state index contributed by atoms with van der Waals surface area (Å²) < 4.78 is 0. The Hall–Kier alpha value is -1.55. The molecule has 2 aliphatic carbocycles. The van der Waals surface area contributed by atoms with Gasteiger partial charge in [0.15, 0.2) is 0 Å². The molecule has 4 nitrogen and oxygen atoms in total. The van der Waals surface area contributed by atoms with Crippen molar-refractivity contribution in [2.75, 3.05) is 12.1 Å². The number of hydrogen-bond donors (Lipinski definition) is 2. The van der Waals surface area contributed by atoms with Crippen LogP contribution in [0.2, 0.25) is 0 Å². The number of fused-ring (bicyclic) bond motifs is 2. The second-order valence-electron chi connectivity index (χ2n) is 5.30. The van der Waals surface area contributed by atoms with E-state index in [1.165, 1.54) is 19.3 Å². The van der Waals surface area contributed by atoms with Gasteiger partial charge in [0.05, 0.1) is 17.4 Å². The van der Waals surface area contributed by atoms with E-state index in [2.05, 4.69) is 22.7 Å². The van der Waals surface area contributed by atoms with Crippen molar-refractivity contribution in [1.29, 1.82) is 0 Å². The summed E-state index contributed by atoms with van der Waals surface area (Å²) in [6.45, 7) is 0. The minimum absolute atomic E-state index is 0.193. The number of benzene rings is 1. The van der Waals surface area contributed by atoms with Crippen LogP contribution in [0.1, 0.15) is 19.3 Å². The lowest BCUT2D eigenvalue weighted by Crippen LogP contribution is -2.49. The third-order valence-electron chi connectivity index (χ3n) is 4.27. The van der Waals surface area contributed by atoms with Gasteiger partial charge in [0.2, 0.25) is 0 Å². The fraction of sp³-hybridized carbons (Fsp3) is 0.500. The average molecular weight is 245 g/mol. The molecular weight excluding hydrogens is 226 g/mol. The fourth-order valence-electron chi connectivity index (χ4n) is 3.33. The van der Waals surface area contributed by atoms with E-state index in [9.17, 15) is 5.21 Å². The predicted octanol–water partition coefficient (Wildman–Crippen LogP) is 2.26. The zero-order valence-electron chi connectivity index (χ0n) is 10.6. The SMILES string of the molecule is CN(N[C@@H]1/C(=N/O)[C@H]2CC[C@H]1C2)c1ccccc1. The van der Waals surface area contributed by atoms with E-state index in [4.69, 9.17) is 0 Å². The first-order valence-electron chi connectivity index (χ1n) is 6.56. The number of hydrogen-bond acceptors (Lipinski definition) is 4. The molecule has 0 radical (unpaired) electrons. The molecule has 0 amide bonds. The first-order valence-corrected chi connectivity index (χ1v) is 6.56. The summed E-state index contributed by atoms with van der Waals surface area (Å²) in [5, 5.41) is 14.7. The number of anilines is 1. The molecule has 0 unspecified atom stereocenters. The fourth-order valence-corrected chi connectivity index (χ4v) is 3.33. The molecule has 0 spiro atoms. The Labute approximate surface area is 107 Å². The second-order valence-corrected chi connectivity index (χ2v) is 5.30. The number of oxime groups is 1. The maximum Gasteiger partial charge on any atom is 0.0791 e. The molecule has 2 bridgehead atoms. The Kier molecular flexibility index (Phi) is 2.96. The highest BCUT2D eigenvalue weighted by molar-refractivity contribution is 5.94. The normalized spacial score (nSPS) is 32.1. The van der Waals surface area contributed by atoms with E-state index in [0.717, 1.165) is 11.4 Å². The third-order valence-corrected chi connectivity index (χ3v) is 4.27. The molecule has 2 saturated carbocycles. The lowest BCUT2D eigenvalue weighted by molar-refractivity contribution is 0.309. The van der Waals surface area contributed by atoms with Gasteiger partial charge in [-0.25, -0.2) is 5.43 Å². The number of para-hydroxylation sites is 1. The van der Waals surface area contributed by atoms with E-state index >= 15 is 0 Å². The smallest absolute Gasteiger partial charge is 0.0791 e. The van der Waals surface area contributed by atoms with Crippen molar-refractivity contribution in [3.63, 3.8) is 0 Å². The summed E-state index contributed by atoms with van der Waals surface area (Å²) in [5.74, 6) is 1.11. The third kappa shape index (κ3) is 1.86. The predicted molar refractivity (Wildman–Crippen MR) is 71.8 cm³/mol. The van der Waals surface area contributed by atoms with Crippen molar-refractivity contribution in [3.05, 3.63) is 30.3 Å². The molecule has 0 saturated heterocycles. The minimum Gasteiger partial charge on any atom is -0.411 e. The molecule has 18 heavy (non-hydrogen) atoms. The first-order chi connectivity index (χ1) is 8.79. The van der Waals surface area contributed by atoms with Gasteiger partial charge in [0.1, 0.15) is 0 Å². The van der Waals surface area contributed by atoms with Crippen molar-refractivity contribution >= 4 is 11.4 Å². The number of nitrogens with zero attached hydrogens (tertiary/aromatic N) is 2. The number of nitrogens with one attached hydrogen (secondary N) is 1. The van der Waals surface area contributed by atoms with E-state index in [0.29, 0.717) is 11.8 Å².